The van der Waals surface area contributed by atoms with E-state index in [0.717, 1.165) is 6.42 Å². The molecule has 1 atom stereocenters. The Morgan fingerprint density at radius 3 is 2.89 bits per heavy atom. The number of hydrogen-bond acceptors (Lipinski definition) is 1. The van der Waals surface area contributed by atoms with E-state index in [-0.39, 0.29) is 0 Å². The van der Waals surface area contributed by atoms with Gasteiger partial charge in [0.25, 0.3) is 0 Å². The Morgan fingerprint density at radius 1 is 1.39 bits per heavy atom. The summed E-state index contributed by atoms with van der Waals surface area (Å²) in [5.74, 6) is 0. The van der Waals surface area contributed by atoms with Crippen LogP contribution < -0.4 is 0 Å². The first-order chi connectivity index (χ1) is 8.79. The predicted octanol–water partition coefficient (Wildman–Crippen LogP) is 4.88. The van der Waals surface area contributed by atoms with Crippen LogP contribution in [0, 0.1) is 0 Å². The van der Waals surface area contributed by atoms with Gasteiger partial charge < -0.3 is 0 Å². The van der Waals surface area contributed by atoms with Crippen LogP contribution in [0.4, 0.5) is 0 Å². The Balaban J connectivity index is 1.78. The van der Waals surface area contributed by atoms with Gasteiger partial charge in [0.15, 0.2) is 0 Å². The van der Waals surface area contributed by atoms with Crippen LogP contribution in [-0.2, 0) is 6.42 Å². The van der Waals surface area contributed by atoms with E-state index in [4.69, 9.17) is 5.10 Å². The number of aryl methyl sites for hydroxylation is 1. The van der Waals surface area contributed by atoms with Crippen LogP contribution in [0.15, 0.2) is 12.3 Å². The minimum absolute atomic E-state index is 0.673. The Labute approximate surface area is 119 Å². The van der Waals surface area contributed by atoms with Gasteiger partial charge in [0.1, 0.15) is 0 Å². The molecule has 1 aromatic heterocycles. The van der Waals surface area contributed by atoms with Crippen LogP contribution >= 0.6 is 15.9 Å². The maximum Gasteiger partial charge on any atom is 0.0624 e. The zero-order valence-electron chi connectivity index (χ0n) is 11.4. The molecule has 18 heavy (non-hydrogen) atoms. The minimum Gasteiger partial charge on any atom is -0.269 e. The van der Waals surface area contributed by atoms with Gasteiger partial charge in [-0.2, -0.15) is 5.10 Å². The van der Waals surface area contributed by atoms with Crippen molar-refractivity contribution < 1.29 is 0 Å². The van der Waals surface area contributed by atoms with Crippen molar-refractivity contribution in [2.75, 3.05) is 0 Å². The van der Waals surface area contributed by atoms with E-state index in [0.29, 0.717) is 10.9 Å². The Kier molecular flexibility index (Phi) is 5.74. The molecule has 1 fully saturated rings. The Morgan fingerprint density at radius 2 is 2.17 bits per heavy atom. The molecule has 0 N–H and O–H groups in total. The average Bonchev–Trinajstić information content (AvgIpc) is 2.88. The third kappa shape index (κ3) is 4.11. The van der Waals surface area contributed by atoms with E-state index < -0.39 is 0 Å². The van der Waals surface area contributed by atoms with Crippen LogP contribution in [-0.4, -0.2) is 14.6 Å². The number of hydrogen-bond donors (Lipinski definition) is 0. The number of nitrogens with zero attached hydrogens (tertiary/aromatic N) is 2. The lowest BCUT2D eigenvalue weighted by Gasteiger charge is -2.21. The summed E-state index contributed by atoms with van der Waals surface area (Å²) in [6.07, 6.45) is 13.8. The van der Waals surface area contributed by atoms with Crippen LogP contribution in [0.25, 0.3) is 0 Å². The van der Waals surface area contributed by atoms with E-state index in [1.54, 1.807) is 0 Å². The smallest absolute Gasteiger partial charge is 0.0624 e. The second-order valence-corrected chi connectivity index (χ2v) is 6.77. The lowest BCUT2D eigenvalue weighted by atomic mass is 9.96. The number of alkyl halides is 1. The molecule has 102 valence electrons. The molecule has 1 aliphatic rings. The van der Waals surface area contributed by atoms with Crippen LogP contribution in [0.2, 0.25) is 0 Å². The highest BCUT2D eigenvalue weighted by atomic mass is 79.9. The molecule has 0 spiro atoms. The Bertz CT molecular complexity index is 342. The number of rotatable bonds is 6. The monoisotopic (exact) mass is 312 g/mol. The summed E-state index contributed by atoms with van der Waals surface area (Å²) in [5, 5.41) is 4.76. The van der Waals surface area contributed by atoms with E-state index in [1.807, 2.05) is 0 Å². The van der Waals surface area contributed by atoms with E-state index in [1.165, 1.54) is 57.1 Å². The second kappa shape index (κ2) is 7.32. The molecule has 1 heterocycles. The van der Waals surface area contributed by atoms with E-state index in [9.17, 15) is 0 Å². The maximum absolute atomic E-state index is 4.76. The fourth-order valence-electron chi connectivity index (χ4n) is 2.77. The Hall–Kier alpha value is -0.310. The van der Waals surface area contributed by atoms with Gasteiger partial charge in [-0.25, -0.2) is 0 Å². The average molecular weight is 313 g/mol. The number of halogens is 1. The fraction of sp³-hybridized carbons (Fsp3) is 0.800. The summed E-state index contributed by atoms with van der Waals surface area (Å²) in [6, 6.07) is 2.89. The van der Waals surface area contributed by atoms with E-state index in [2.05, 4.69) is 39.8 Å². The predicted molar refractivity (Wildman–Crippen MR) is 80.3 cm³/mol. The van der Waals surface area contributed by atoms with Gasteiger partial charge in [0.05, 0.1) is 11.7 Å². The highest BCUT2D eigenvalue weighted by Crippen LogP contribution is 2.27. The highest BCUT2D eigenvalue weighted by molar-refractivity contribution is 9.09. The fourth-order valence-corrected chi connectivity index (χ4v) is 3.09. The summed E-state index contributed by atoms with van der Waals surface area (Å²) in [4.78, 5) is 0.679. The van der Waals surface area contributed by atoms with Gasteiger partial charge in [0, 0.05) is 11.0 Å². The molecular formula is C15H25BrN2. The maximum atomic E-state index is 4.76. The van der Waals surface area contributed by atoms with Crippen molar-refractivity contribution >= 4 is 15.9 Å². The minimum atomic E-state index is 0.673. The first kappa shape index (κ1) is 14.1. The molecule has 0 aromatic carbocycles. The molecule has 0 bridgehead atoms. The SMILES string of the molecule is CCC(Br)CCCc1ccn(C2CCCCC2)n1. The van der Waals surface area contributed by atoms with Crippen LogP contribution in [0.1, 0.15) is 70.0 Å². The lowest BCUT2D eigenvalue weighted by molar-refractivity contribution is 0.328. The summed E-state index contributed by atoms with van der Waals surface area (Å²) in [5.41, 5.74) is 1.27. The van der Waals surface area contributed by atoms with Gasteiger partial charge in [-0.15, -0.1) is 0 Å². The molecule has 3 heteroatoms. The summed E-state index contributed by atoms with van der Waals surface area (Å²) in [7, 11) is 0. The summed E-state index contributed by atoms with van der Waals surface area (Å²) in [6.45, 7) is 2.23. The summed E-state index contributed by atoms with van der Waals surface area (Å²) >= 11 is 3.69. The van der Waals surface area contributed by atoms with Gasteiger partial charge in [0.2, 0.25) is 0 Å². The molecule has 0 radical (unpaired) electrons. The van der Waals surface area contributed by atoms with Crippen molar-refractivity contribution in [2.45, 2.75) is 75.6 Å². The number of aromatic nitrogens is 2. The van der Waals surface area contributed by atoms with Gasteiger partial charge >= 0.3 is 0 Å². The molecule has 1 aromatic rings. The second-order valence-electron chi connectivity index (χ2n) is 5.48. The van der Waals surface area contributed by atoms with Gasteiger partial charge in [-0.05, 0) is 44.6 Å². The molecule has 0 saturated heterocycles. The lowest BCUT2D eigenvalue weighted by Crippen LogP contribution is -2.13. The van der Waals surface area contributed by atoms with Crippen molar-refractivity contribution in [3.8, 4) is 0 Å². The zero-order valence-corrected chi connectivity index (χ0v) is 13.0. The molecule has 2 nitrogen and oxygen atoms in total. The topological polar surface area (TPSA) is 17.8 Å². The quantitative estimate of drug-likeness (QED) is 0.684. The molecule has 2 rings (SSSR count). The third-order valence-electron chi connectivity index (χ3n) is 4.01. The first-order valence-electron chi connectivity index (χ1n) is 7.47. The molecule has 1 unspecified atom stereocenters. The standard InChI is InChI=1S/C15H25BrN2/c1-2-13(16)7-6-8-14-11-12-18(17-14)15-9-4-3-5-10-15/h11-13,15H,2-10H2,1H3. The molecular weight excluding hydrogens is 288 g/mol. The van der Waals surface area contributed by atoms with Crippen molar-refractivity contribution in [2.24, 2.45) is 0 Å². The first-order valence-corrected chi connectivity index (χ1v) is 8.39. The van der Waals surface area contributed by atoms with Gasteiger partial charge in [-0.1, -0.05) is 42.1 Å². The van der Waals surface area contributed by atoms with E-state index >= 15 is 0 Å². The van der Waals surface area contributed by atoms with Crippen molar-refractivity contribution in [1.82, 2.24) is 9.78 Å². The van der Waals surface area contributed by atoms with Crippen molar-refractivity contribution in [3.63, 3.8) is 0 Å². The summed E-state index contributed by atoms with van der Waals surface area (Å²) < 4.78 is 2.22. The van der Waals surface area contributed by atoms with Crippen LogP contribution in [0.5, 0.6) is 0 Å². The molecule has 1 aliphatic carbocycles. The van der Waals surface area contributed by atoms with Crippen molar-refractivity contribution in [3.05, 3.63) is 18.0 Å². The molecule has 0 aliphatic heterocycles. The zero-order chi connectivity index (χ0) is 12.8. The highest BCUT2D eigenvalue weighted by Gasteiger charge is 2.15. The largest absolute Gasteiger partial charge is 0.269 e. The molecule has 1 saturated carbocycles. The van der Waals surface area contributed by atoms with Crippen molar-refractivity contribution in [1.29, 1.82) is 0 Å². The van der Waals surface area contributed by atoms with Crippen LogP contribution in [0.3, 0.4) is 0 Å². The molecule has 0 amide bonds. The normalized spacial score (nSPS) is 19.0. The third-order valence-corrected chi connectivity index (χ3v) is 5.11. The van der Waals surface area contributed by atoms with Gasteiger partial charge in [-0.3, -0.25) is 4.68 Å².